The molecule has 0 aromatic heterocycles. The van der Waals surface area contributed by atoms with Gasteiger partial charge in [-0.25, -0.2) is 0 Å². The van der Waals surface area contributed by atoms with Gasteiger partial charge in [-0.15, -0.1) is 0 Å². The molecule has 0 heterocycles. The van der Waals surface area contributed by atoms with Crippen LogP contribution in [0.4, 0.5) is 0 Å². The van der Waals surface area contributed by atoms with Crippen molar-refractivity contribution in [3.63, 3.8) is 0 Å². The SMILES string of the molecule is O=S(=O)(O)C(CO)S(=O)(=O)O. The van der Waals surface area contributed by atoms with Gasteiger partial charge in [0.25, 0.3) is 20.2 Å². The van der Waals surface area contributed by atoms with E-state index in [2.05, 4.69) is 0 Å². The maximum absolute atomic E-state index is 10.1. The Bertz CT molecular complexity index is 276. The van der Waals surface area contributed by atoms with Gasteiger partial charge in [-0.1, -0.05) is 0 Å². The van der Waals surface area contributed by atoms with Crippen LogP contribution in [-0.2, 0) is 20.2 Å². The zero-order valence-corrected chi connectivity index (χ0v) is 6.71. The molecule has 0 radical (unpaired) electrons. The van der Waals surface area contributed by atoms with Crippen LogP contribution >= 0.6 is 0 Å². The molecule has 0 atom stereocenters. The minimum atomic E-state index is -4.96. The highest BCUT2D eigenvalue weighted by molar-refractivity contribution is 8.04. The lowest BCUT2D eigenvalue weighted by atomic mass is 10.9. The Kier molecular flexibility index (Phi) is 2.97. The fraction of sp³-hybridized carbons (Fsp3) is 1.00. The van der Waals surface area contributed by atoms with Crippen LogP contribution in [0.2, 0.25) is 0 Å². The van der Waals surface area contributed by atoms with Crippen LogP contribution in [-0.4, -0.2) is 42.2 Å². The molecule has 0 aliphatic carbocycles. The predicted octanol–water partition coefficient (Wildman–Crippen LogP) is -1.92. The molecule has 0 aliphatic rings. The summed E-state index contributed by atoms with van der Waals surface area (Å²) in [5, 5.41) is 8.12. The fourth-order valence-electron chi connectivity index (χ4n) is 0.342. The van der Waals surface area contributed by atoms with E-state index < -0.39 is 31.4 Å². The molecule has 11 heavy (non-hydrogen) atoms. The van der Waals surface area contributed by atoms with Crippen LogP contribution in [0.5, 0.6) is 0 Å². The van der Waals surface area contributed by atoms with Crippen molar-refractivity contribution in [1.82, 2.24) is 0 Å². The summed E-state index contributed by atoms with van der Waals surface area (Å²) in [7, 11) is -9.92. The Balaban J connectivity index is 5.05. The zero-order chi connectivity index (χ0) is 9.28. The minimum Gasteiger partial charge on any atom is -0.394 e. The van der Waals surface area contributed by atoms with E-state index in [1.807, 2.05) is 0 Å². The Morgan fingerprint density at radius 1 is 1.00 bits per heavy atom. The first-order chi connectivity index (χ1) is 4.69. The molecular formula is C2H6O7S2. The van der Waals surface area contributed by atoms with Gasteiger partial charge in [0.15, 0.2) is 0 Å². The first-order valence-electron chi connectivity index (χ1n) is 2.23. The molecule has 0 saturated carbocycles. The number of aliphatic hydroxyl groups excluding tert-OH is 1. The van der Waals surface area contributed by atoms with Crippen LogP contribution < -0.4 is 0 Å². The van der Waals surface area contributed by atoms with E-state index in [4.69, 9.17) is 14.2 Å². The summed E-state index contributed by atoms with van der Waals surface area (Å²) in [5.74, 6) is 0. The molecule has 68 valence electrons. The summed E-state index contributed by atoms with van der Waals surface area (Å²) in [4.78, 5) is 0. The Hall–Kier alpha value is -0.220. The Morgan fingerprint density at radius 2 is 1.27 bits per heavy atom. The average Bonchev–Trinajstić information content (AvgIpc) is 1.56. The van der Waals surface area contributed by atoms with Crippen molar-refractivity contribution in [3.05, 3.63) is 0 Å². The van der Waals surface area contributed by atoms with Crippen molar-refractivity contribution in [2.45, 2.75) is 4.58 Å². The van der Waals surface area contributed by atoms with Crippen molar-refractivity contribution >= 4 is 20.2 Å². The Morgan fingerprint density at radius 3 is 1.27 bits per heavy atom. The number of hydrogen-bond donors (Lipinski definition) is 3. The van der Waals surface area contributed by atoms with Crippen molar-refractivity contribution in [2.75, 3.05) is 6.61 Å². The molecule has 0 aromatic carbocycles. The van der Waals surface area contributed by atoms with Crippen LogP contribution in [0.15, 0.2) is 0 Å². The predicted molar refractivity (Wildman–Crippen MR) is 34.0 cm³/mol. The third-order valence-electron chi connectivity index (χ3n) is 0.814. The molecule has 0 fully saturated rings. The van der Waals surface area contributed by atoms with Crippen LogP contribution in [0, 0.1) is 0 Å². The molecule has 0 unspecified atom stereocenters. The molecule has 0 saturated heterocycles. The van der Waals surface area contributed by atoms with Crippen LogP contribution in [0.3, 0.4) is 0 Å². The monoisotopic (exact) mass is 206 g/mol. The highest BCUT2D eigenvalue weighted by atomic mass is 32.3. The first-order valence-corrected chi connectivity index (χ1v) is 5.23. The number of hydrogen-bond acceptors (Lipinski definition) is 5. The van der Waals surface area contributed by atoms with Gasteiger partial charge in [-0.05, 0) is 0 Å². The lowest BCUT2D eigenvalue weighted by molar-refractivity contribution is 0.298. The lowest BCUT2D eigenvalue weighted by Gasteiger charge is -2.05. The third-order valence-corrected chi connectivity index (χ3v) is 3.90. The minimum absolute atomic E-state index is 1.39. The molecule has 0 aliphatic heterocycles. The second-order valence-electron chi connectivity index (χ2n) is 1.64. The van der Waals surface area contributed by atoms with E-state index in [9.17, 15) is 16.8 Å². The highest BCUT2D eigenvalue weighted by Crippen LogP contribution is 2.04. The van der Waals surface area contributed by atoms with Crippen LogP contribution in [0.1, 0.15) is 0 Å². The topological polar surface area (TPSA) is 129 Å². The number of aliphatic hydroxyl groups is 1. The lowest BCUT2D eigenvalue weighted by Crippen LogP contribution is -2.32. The quantitative estimate of drug-likeness (QED) is 0.459. The third kappa shape index (κ3) is 3.12. The smallest absolute Gasteiger partial charge is 0.287 e. The van der Waals surface area contributed by atoms with Crippen molar-refractivity contribution in [3.8, 4) is 0 Å². The van der Waals surface area contributed by atoms with E-state index >= 15 is 0 Å². The summed E-state index contributed by atoms with van der Waals surface area (Å²) < 4.78 is 53.9. The van der Waals surface area contributed by atoms with Gasteiger partial charge < -0.3 is 5.11 Å². The first kappa shape index (κ1) is 10.8. The van der Waals surface area contributed by atoms with E-state index in [-0.39, 0.29) is 0 Å². The van der Waals surface area contributed by atoms with Gasteiger partial charge in [0.2, 0.25) is 4.58 Å². The number of rotatable bonds is 3. The molecule has 0 spiro atoms. The molecule has 7 nitrogen and oxygen atoms in total. The molecule has 0 bridgehead atoms. The van der Waals surface area contributed by atoms with Gasteiger partial charge in [0, 0.05) is 0 Å². The Labute approximate surface area is 63.2 Å². The molecule has 9 heteroatoms. The van der Waals surface area contributed by atoms with Gasteiger partial charge in [-0.3, -0.25) is 9.11 Å². The van der Waals surface area contributed by atoms with Crippen molar-refractivity contribution in [2.24, 2.45) is 0 Å². The van der Waals surface area contributed by atoms with E-state index in [0.29, 0.717) is 0 Å². The average molecular weight is 206 g/mol. The fourth-order valence-corrected chi connectivity index (χ4v) is 1.95. The molecule has 0 aromatic rings. The van der Waals surface area contributed by atoms with Gasteiger partial charge in [0.1, 0.15) is 0 Å². The summed E-state index contributed by atoms with van der Waals surface area (Å²) in [6.45, 7) is -1.39. The van der Waals surface area contributed by atoms with E-state index in [1.54, 1.807) is 0 Å². The maximum atomic E-state index is 10.1. The van der Waals surface area contributed by atoms with Gasteiger partial charge in [0.05, 0.1) is 6.61 Å². The summed E-state index contributed by atoms with van der Waals surface area (Å²) in [5.41, 5.74) is 0. The van der Waals surface area contributed by atoms with Crippen LogP contribution in [0.25, 0.3) is 0 Å². The second-order valence-corrected chi connectivity index (χ2v) is 5.14. The van der Waals surface area contributed by atoms with Gasteiger partial charge >= 0.3 is 0 Å². The van der Waals surface area contributed by atoms with Crippen molar-refractivity contribution in [1.29, 1.82) is 0 Å². The van der Waals surface area contributed by atoms with E-state index in [0.717, 1.165) is 0 Å². The molecular weight excluding hydrogens is 200 g/mol. The largest absolute Gasteiger partial charge is 0.394 e. The summed E-state index contributed by atoms with van der Waals surface area (Å²) in [6.07, 6.45) is 0. The molecule has 0 rings (SSSR count). The highest BCUT2D eigenvalue weighted by Gasteiger charge is 2.34. The summed E-state index contributed by atoms with van der Waals surface area (Å²) in [6, 6.07) is 0. The second kappa shape index (κ2) is 3.03. The van der Waals surface area contributed by atoms with E-state index in [1.165, 1.54) is 0 Å². The van der Waals surface area contributed by atoms with Crippen molar-refractivity contribution < 1.29 is 31.0 Å². The molecule has 0 amide bonds. The summed E-state index contributed by atoms with van der Waals surface area (Å²) >= 11 is 0. The standard InChI is InChI=1S/C2H6O7S2/c3-1-2(10(4,5)6)11(7,8)9/h2-3H,1H2,(H,4,5,6)(H,7,8,9). The maximum Gasteiger partial charge on any atom is 0.287 e. The molecule has 3 N–H and O–H groups in total. The van der Waals surface area contributed by atoms with Gasteiger partial charge in [-0.2, -0.15) is 16.8 Å². The normalized spacial score (nSPS) is 13.8. The zero-order valence-electron chi connectivity index (χ0n) is 5.08.